The van der Waals surface area contributed by atoms with Crippen LogP contribution in [0.25, 0.3) is 77.9 Å². The van der Waals surface area contributed by atoms with E-state index in [9.17, 15) is 0 Å². The molecule has 2 aliphatic rings. The van der Waals surface area contributed by atoms with Crippen LogP contribution in [0, 0.1) is 0 Å². The first kappa shape index (κ1) is 38.5. The highest BCUT2D eigenvalue weighted by molar-refractivity contribution is 6.11. The zero-order chi connectivity index (χ0) is 43.3. The third-order valence-electron chi connectivity index (χ3n) is 13.4. The van der Waals surface area contributed by atoms with Crippen LogP contribution in [0.3, 0.4) is 0 Å². The van der Waals surface area contributed by atoms with E-state index in [4.69, 9.17) is 4.74 Å². The van der Waals surface area contributed by atoms with Gasteiger partial charge >= 0.3 is 0 Å². The van der Waals surface area contributed by atoms with Crippen molar-refractivity contribution >= 4 is 17.1 Å². The van der Waals surface area contributed by atoms with E-state index in [2.05, 4.69) is 235 Å². The minimum atomic E-state index is 0.781. The summed E-state index contributed by atoms with van der Waals surface area (Å²) in [5.41, 5.74) is 25.2. The van der Waals surface area contributed by atoms with Crippen LogP contribution in [0.1, 0.15) is 22.3 Å². The summed E-state index contributed by atoms with van der Waals surface area (Å²) < 4.78 is 6.67. The zero-order valence-electron chi connectivity index (χ0n) is 36.2. The lowest BCUT2D eigenvalue weighted by atomic mass is 9.84. The molecule has 0 atom stereocenters. The summed E-state index contributed by atoms with van der Waals surface area (Å²) in [5.74, 6) is 0.799. The Morgan fingerprint density at radius 2 is 0.662 bits per heavy atom. The number of anilines is 3. The lowest BCUT2D eigenvalue weighted by Crippen LogP contribution is -2.19. The summed E-state index contributed by atoms with van der Waals surface area (Å²) in [4.78, 5) is 2.67. The van der Waals surface area contributed by atoms with Crippen LogP contribution in [0.4, 0.5) is 17.1 Å². The molecule has 2 aliphatic carbocycles. The van der Waals surface area contributed by atoms with Crippen LogP contribution in [0.5, 0.6) is 5.75 Å². The van der Waals surface area contributed by atoms with Gasteiger partial charge < -0.3 is 9.64 Å². The Morgan fingerprint density at radius 3 is 1.08 bits per heavy atom. The average molecular weight is 832 g/mol. The molecule has 0 spiro atoms. The fourth-order valence-electron chi connectivity index (χ4n) is 10.6. The Hall–Kier alpha value is -8.20. The van der Waals surface area contributed by atoms with Crippen molar-refractivity contribution in [3.63, 3.8) is 0 Å². The smallest absolute Gasteiger partial charge is 0.143 e. The van der Waals surface area contributed by atoms with Gasteiger partial charge in [-0.1, -0.05) is 212 Å². The number of rotatable bonds is 9. The Kier molecular flexibility index (Phi) is 9.57. The Bertz CT molecular complexity index is 3190. The van der Waals surface area contributed by atoms with Gasteiger partial charge in [-0.15, -0.1) is 0 Å². The standard InChI is InChI=1S/C63H45NO/c1-65-58-37-21-36-51(42-22-7-2-8-23-42)61(58)64(62-56-38-47-32-17-19-34-49(47)54(56)40-52(43-24-9-3-10-25-43)59(62)45-28-13-5-14-29-45)63-57-39-48-33-18-20-35-50(48)55(57)41-53(44-26-11-4-12-27-44)60(63)46-30-15-6-16-31-46/h2-37,40-41H,38-39H2,1H3. The number of ether oxygens (including phenoxy) is 1. The fourth-order valence-corrected chi connectivity index (χ4v) is 10.6. The van der Waals surface area contributed by atoms with Gasteiger partial charge in [-0.25, -0.2) is 0 Å². The van der Waals surface area contributed by atoms with Gasteiger partial charge in [0.15, 0.2) is 0 Å². The summed E-state index contributed by atoms with van der Waals surface area (Å²) in [6.45, 7) is 0. The van der Waals surface area contributed by atoms with E-state index in [0.717, 1.165) is 57.9 Å². The van der Waals surface area contributed by atoms with Crippen LogP contribution in [0.15, 0.2) is 231 Å². The minimum absolute atomic E-state index is 0.781. The van der Waals surface area contributed by atoms with Crippen LogP contribution in [0.2, 0.25) is 0 Å². The van der Waals surface area contributed by atoms with Crippen molar-refractivity contribution in [3.05, 3.63) is 253 Å². The van der Waals surface area contributed by atoms with E-state index >= 15 is 0 Å². The lowest BCUT2D eigenvalue weighted by molar-refractivity contribution is 0.416. The quantitative estimate of drug-likeness (QED) is 0.144. The molecule has 0 N–H and O–H groups in total. The molecule has 0 radical (unpaired) electrons. The maximum atomic E-state index is 6.67. The van der Waals surface area contributed by atoms with Crippen molar-refractivity contribution in [2.24, 2.45) is 0 Å². The number of nitrogens with zero attached hydrogens (tertiary/aromatic N) is 1. The van der Waals surface area contributed by atoms with Gasteiger partial charge in [0.25, 0.3) is 0 Å². The molecule has 0 unspecified atom stereocenters. The molecule has 0 saturated heterocycles. The van der Waals surface area contributed by atoms with Crippen LogP contribution >= 0.6 is 0 Å². The second-order valence-electron chi connectivity index (χ2n) is 17.0. The molecule has 0 amide bonds. The van der Waals surface area contributed by atoms with Crippen molar-refractivity contribution in [3.8, 4) is 83.6 Å². The molecule has 12 rings (SSSR count). The molecule has 65 heavy (non-hydrogen) atoms. The highest BCUT2D eigenvalue weighted by Gasteiger charge is 2.38. The Morgan fingerprint density at radius 1 is 0.308 bits per heavy atom. The molecule has 10 aromatic carbocycles. The van der Waals surface area contributed by atoms with Crippen LogP contribution in [-0.2, 0) is 12.8 Å². The molecule has 0 saturated carbocycles. The maximum Gasteiger partial charge on any atom is 0.143 e. The van der Waals surface area contributed by atoms with Crippen molar-refractivity contribution in [1.29, 1.82) is 0 Å². The van der Waals surface area contributed by atoms with Gasteiger partial charge in [0.2, 0.25) is 0 Å². The maximum absolute atomic E-state index is 6.67. The van der Waals surface area contributed by atoms with Crippen LogP contribution < -0.4 is 9.64 Å². The topological polar surface area (TPSA) is 12.5 Å². The second-order valence-corrected chi connectivity index (χ2v) is 17.0. The van der Waals surface area contributed by atoms with Gasteiger partial charge in [-0.2, -0.15) is 0 Å². The number of hydrogen-bond donors (Lipinski definition) is 0. The third kappa shape index (κ3) is 6.49. The van der Waals surface area contributed by atoms with Gasteiger partial charge in [-0.05, 0) is 102 Å². The Balaban J connectivity index is 1.35. The molecular weight excluding hydrogens is 787 g/mol. The number of methoxy groups -OCH3 is 1. The molecule has 0 heterocycles. The summed E-state index contributed by atoms with van der Waals surface area (Å²) in [7, 11) is 1.82. The largest absolute Gasteiger partial charge is 0.495 e. The fraction of sp³-hybridized carbons (Fsp3) is 0.0476. The van der Waals surface area contributed by atoms with E-state index in [-0.39, 0.29) is 0 Å². The van der Waals surface area contributed by atoms with Gasteiger partial charge in [0, 0.05) is 29.5 Å². The Labute approximate surface area is 381 Å². The first-order valence-corrected chi connectivity index (χ1v) is 22.6. The average Bonchev–Trinajstić information content (AvgIpc) is 3.96. The summed E-state index contributed by atoms with van der Waals surface area (Å²) in [5, 5.41) is 0. The predicted octanol–water partition coefficient (Wildman–Crippen LogP) is 16.6. The number of hydrogen-bond acceptors (Lipinski definition) is 2. The molecule has 0 aromatic heterocycles. The molecule has 308 valence electrons. The van der Waals surface area contributed by atoms with E-state index in [1.165, 1.54) is 77.9 Å². The summed E-state index contributed by atoms with van der Waals surface area (Å²) >= 11 is 0. The molecule has 2 heteroatoms. The predicted molar refractivity (Wildman–Crippen MR) is 271 cm³/mol. The van der Waals surface area contributed by atoms with E-state index in [0.29, 0.717) is 0 Å². The molecule has 10 aromatic rings. The summed E-state index contributed by atoms with van der Waals surface area (Å²) in [6, 6.07) is 84.4. The first-order chi connectivity index (χ1) is 32.2. The van der Waals surface area contributed by atoms with Crippen molar-refractivity contribution in [1.82, 2.24) is 0 Å². The molecule has 2 nitrogen and oxygen atoms in total. The van der Waals surface area contributed by atoms with E-state index < -0.39 is 0 Å². The lowest BCUT2D eigenvalue weighted by Gasteiger charge is -2.37. The minimum Gasteiger partial charge on any atom is -0.495 e. The van der Waals surface area contributed by atoms with Crippen molar-refractivity contribution < 1.29 is 4.74 Å². The van der Waals surface area contributed by atoms with Gasteiger partial charge in [0.1, 0.15) is 5.75 Å². The highest BCUT2D eigenvalue weighted by Crippen LogP contribution is 2.61. The van der Waals surface area contributed by atoms with Crippen molar-refractivity contribution in [2.45, 2.75) is 12.8 Å². The monoisotopic (exact) mass is 831 g/mol. The van der Waals surface area contributed by atoms with E-state index in [1.54, 1.807) is 0 Å². The zero-order valence-corrected chi connectivity index (χ0v) is 36.2. The van der Waals surface area contributed by atoms with Gasteiger partial charge in [-0.3, -0.25) is 0 Å². The molecular formula is C63H45NO. The summed E-state index contributed by atoms with van der Waals surface area (Å²) in [6.07, 6.45) is 1.56. The van der Waals surface area contributed by atoms with E-state index in [1.807, 2.05) is 7.11 Å². The number of fused-ring (bicyclic) bond motifs is 6. The molecule has 0 bridgehead atoms. The van der Waals surface area contributed by atoms with Crippen LogP contribution in [-0.4, -0.2) is 7.11 Å². The van der Waals surface area contributed by atoms with Gasteiger partial charge in [0.05, 0.1) is 24.2 Å². The molecule has 0 aliphatic heterocycles. The third-order valence-corrected chi connectivity index (χ3v) is 13.4. The second kappa shape index (κ2) is 16.2. The van der Waals surface area contributed by atoms with Crippen molar-refractivity contribution in [2.75, 3.05) is 12.0 Å². The normalized spacial score (nSPS) is 12.0. The SMILES string of the molecule is COc1cccc(-c2ccccc2)c1N(c1c2c(cc(-c3ccccc3)c1-c1ccccc1)-c1ccccc1C2)c1c2c(cc(-c3ccccc3)c1-c1ccccc1)-c1ccccc1C2. The molecule has 0 fully saturated rings. The first-order valence-electron chi connectivity index (χ1n) is 22.6. The number of benzene rings is 10. The number of para-hydroxylation sites is 1. The highest BCUT2D eigenvalue weighted by atomic mass is 16.5.